The molecule has 0 saturated carbocycles. The molecule has 0 saturated heterocycles. The topological polar surface area (TPSA) is 90.9 Å². The maximum atomic E-state index is 13.5. The van der Waals surface area contributed by atoms with Crippen LogP contribution in [0.25, 0.3) is 11.0 Å². The first-order chi connectivity index (χ1) is 16.3. The van der Waals surface area contributed by atoms with Crippen LogP contribution in [-0.4, -0.2) is 24.8 Å². The second kappa shape index (κ2) is 9.51. The molecule has 2 heterocycles. The van der Waals surface area contributed by atoms with E-state index in [1.54, 1.807) is 11.6 Å². The molecule has 0 aliphatic carbocycles. The Hall–Kier alpha value is -3.94. The maximum absolute atomic E-state index is 13.5. The van der Waals surface area contributed by atoms with Crippen LogP contribution in [0.3, 0.4) is 0 Å². The number of rotatable bonds is 7. The van der Waals surface area contributed by atoms with Gasteiger partial charge in [-0.2, -0.15) is 5.10 Å². The van der Waals surface area contributed by atoms with Gasteiger partial charge in [0.25, 0.3) is 5.56 Å². The lowest BCUT2D eigenvalue weighted by molar-refractivity contribution is -0.116. The van der Waals surface area contributed by atoms with Crippen molar-refractivity contribution in [2.75, 3.05) is 5.32 Å². The standard InChI is InChI=1S/C26H29N5O3/c1-5-31-24-23(19(4)28-31)30(16-22(32)27-21-15-17(2)11-12-18(21)3)26(34)29(25(24)33)14-13-20-9-7-6-8-10-20/h6-12,15H,5,13-14,16H2,1-4H3,(H,27,32). The lowest BCUT2D eigenvalue weighted by Gasteiger charge is -2.14. The largest absolute Gasteiger partial charge is 0.332 e. The van der Waals surface area contributed by atoms with Crippen molar-refractivity contribution in [3.8, 4) is 0 Å². The SMILES string of the molecule is CCn1nc(C)c2c1c(=O)n(CCc1ccccc1)c(=O)n2CC(=O)Nc1cc(C)ccc1C. The zero-order chi connectivity index (χ0) is 24.4. The van der Waals surface area contributed by atoms with E-state index in [1.165, 1.54) is 9.13 Å². The van der Waals surface area contributed by atoms with Gasteiger partial charge in [0, 0.05) is 18.8 Å². The predicted octanol–water partition coefficient (Wildman–Crippen LogP) is 3.19. The third kappa shape index (κ3) is 4.44. The first-order valence-corrected chi connectivity index (χ1v) is 11.4. The van der Waals surface area contributed by atoms with Gasteiger partial charge in [-0.1, -0.05) is 42.5 Å². The van der Waals surface area contributed by atoms with E-state index in [1.807, 2.05) is 69.3 Å². The van der Waals surface area contributed by atoms with Crippen molar-refractivity contribution in [1.29, 1.82) is 0 Å². The quantitative estimate of drug-likeness (QED) is 0.460. The van der Waals surface area contributed by atoms with E-state index < -0.39 is 5.69 Å². The molecular weight excluding hydrogens is 430 g/mol. The smallest absolute Gasteiger partial charge is 0.324 e. The predicted molar refractivity (Wildman–Crippen MR) is 133 cm³/mol. The van der Waals surface area contributed by atoms with Crippen LogP contribution in [0.1, 0.15) is 29.3 Å². The first kappa shape index (κ1) is 23.2. The highest BCUT2D eigenvalue weighted by Crippen LogP contribution is 2.17. The number of benzene rings is 2. The number of hydrogen-bond donors (Lipinski definition) is 1. The highest BCUT2D eigenvalue weighted by atomic mass is 16.2. The summed E-state index contributed by atoms with van der Waals surface area (Å²) in [6.07, 6.45) is 0.523. The molecule has 1 amide bonds. The molecule has 34 heavy (non-hydrogen) atoms. The lowest BCUT2D eigenvalue weighted by Crippen LogP contribution is -2.42. The summed E-state index contributed by atoms with van der Waals surface area (Å²) in [5.74, 6) is -0.339. The van der Waals surface area contributed by atoms with Crippen LogP contribution in [0.5, 0.6) is 0 Å². The van der Waals surface area contributed by atoms with Crippen molar-refractivity contribution in [1.82, 2.24) is 18.9 Å². The van der Waals surface area contributed by atoms with Crippen LogP contribution >= 0.6 is 0 Å². The van der Waals surface area contributed by atoms with Gasteiger partial charge in [-0.05, 0) is 56.9 Å². The summed E-state index contributed by atoms with van der Waals surface area (Å²) < 4.78 is 4.19. The minimum Gasteiger partial charge on any atom is -0.324 e. The number of nitrogens with zero attached hydrogens (tertiary/aromatic N) is 4. The van der Waals surface area contributed by atoms with Gasteiger partial charge in [-0.25, -0.2) is 4.79 Å². The molecule has 8 nitrogen and oxygen atoms in total. The molecule has 4 rings (SSSR count). The Morgan fingerprint density at radius 3 is 2.41 bits per heavy atom. The molecule has 0 aliphatic rings. The number of carbonyl (C=O) groups is 1. The summed E-state index contributed by atoms with van der Waals surface area (Å²) in [4.78, 5) is 39.9. The molecule has 0 fully saturated rings. The van der Waals surface area contributed by atoms with E-state index in [4.69, 9.17) is 0 Å². The van der Waals surface area contributed by atoms with E-state index in [9.17, 15) is 14.4 Å². The van der Waals surface area contributed by atoms with E-state index in [2.05, 4.69) is 10.4 Å². The molecule has 176 valence electrons. The van der Waals surface area contributed by atoms with Gasteiger partial charge in [0.15, 0.2) is 5.52 Å². The minimum absolute atomic E-state index is 0.212. The average Bonchev–Trinajstić information content (AvgIpc) is 3.16. The van der Waals surface area contributed by atoms with Crippen molar-refractivity contribution < 1.29 is 4.79 Å². The molecule has 4 aromatic rings. The zero-order valence-electron chi connectivity index (χ0n) is 20.0. The molecule has 0 aliphatic heterocycles. The Kier molecular flexibility index (Phi) is 6.49. The number of nitrogens with one attached hydrogen (secondary N) is 1. The summed E-state index contributed by atoms with van der Waals surface area (Å²) in [5.41, 5.74) is 4.07. The summed E-state index contributed by atoms with van der Waals surface area (Å²) in [6.45, 7) is 7.98. The first-order valence-electron chi connectivity index (χ1n) is 11.4. The third-order valence-electron chi connectivity index (χ3n) is 6.01. The van der Waals surface area contributed by atoms with Gasteiger partial charge in [-0.3, -0.25) is 23.4 Å². The number of aryl methyl sites for hydroxylation is 5. The molecule has 0 radical (unpaired) electrons. The summed E-state index contributed by atoms with van der Waals surface area (Å²) in [7, 11) is 0. The van der Waals surface area contributed by atoms with Crippen LogP contribution in [-0.2, 0) is 30.8 Å². The molecule has 0 spiro atoms. The fourth-order valence-corrected chi connectivity index (χ4v) is 4.23. The van der Waals surface area contributed by atoms with Gasteiger partial charge in [0.05, 0.1) is 5.69 Å². The number of fused-ring (bicyclic) bond motifs is 1. The lowest BCUT2D eigenvalue weighted by atomic mass is 10.1. The molecular formula is C26H29N5O3. The Bertz CT molecular complexity index is 1480. The van der Waals surface area contributed by atoms with E-state index >= 15 is 0 Å². The van der Waals surface area contributed by atoms with Gasteiger partial charge < -0.3 is 5.32 Å². The van der Waals surface area contributed by atoms with Crippen molar-refractivity contribution in [2.45, 2.75) is 53.8 Å². The van der Waals surface area contributed by atoms with Crippen molar-refractivity contribution in [3.63, 3.8) is 0 Å². The molecule has 8 heteroatoms. The van der Waals surface area contributed by atoms with Gasteiger partial charge in [0.1, 0.15) is 12.1 Å². The number of amides is 1. The fourth-order valence-electron chi connectivity index (χ4n) is 4.23. The van der Waals surface area contributed by atoms with Crippen LogP contribution in [0.2, 0.25) is 0 Å². The van der Waals surface area contributed by atoms with Crippen LogP contribution < -0.4 is 16.6 Å². The number of hydrogen-bond acceptors (Lipinski definition) is 4. The van der Waals surface area contributed by atoms with Gasteiger partial charge in [0.2, 0.25) is 5.91 Å². The number of carbonyl (C=O) groups excluding carboxylic acids is 1. The molecule has 2 aromatic heterocycles. The molecule has 1 N–H and O–H groups in total. The summed E-state index contributed by atoms with van der Waals surface area (Å²) >= 11 is 0. The zero-order valence-corrected chi connectivity index (χ0v) is 20.0. The normalized spacial score (nSPS) is 11.2. The van der Waals surface area contributed by atoms with E-state index in [-0.39, 0.29) is 24.6 Å². The summed E-state index contributed by atoms with van der Waals surface area (Å²) in [6, 6.07) is 15.5. The molecule has 0 bridgehead atoms. The monoisotopic (exact) mass is 459 g/mol. The fraction of sp³-hybridized carbons (Fsp3) is 0.308. The second-order valence-corrected chi connectivity index (χ2v) is 8.53. The maximum Gasteiger partial charge on any atom is 0.332 e. The van der Waals surface area contributed by atoms with E-state index in [0.717, 1.165) is 16.7 Å². The Balaban J connectivity index is 1.77. The number of aromatic nitrogens is 4. The van der Waals surface area contributed by atoms with Crippen LogP contribution in [0.15, 0.2) is 58.1 Å². The highest BCUT2D eigenvalue weighted by Gasteiger charge is 2.21. The second-order valence-electron chi connectivity index (χ2n) is 8.53. The molecule has 0 unspecified atom stereocenters. The average molecular weight is 460 g/mol. The third-order valence-corrected chi connectivity index (χ3v) is 6.01. The molecule has 2 aromatic carbocycles. The van der Waals surface area contributed by atoms with Crippen LogP contribution in [0, 0.1) is 20.8 Å². The van der Waals surface area contributed by atoms with Crippen LogP contribution in [0.4, 0.5) is 5.69 Å². The molecule has 0 atom stereocenters. The Morgan fingerprint density at radius 2 is 1.71 bits per heavy atom. The minimum atomic E-state index is -0.511. The van der Waals surface area contributed by atoms with Gasteiger partial charge >= 0.3 is 5.69 Å². The number of anilines is 1. The van der Waals surface area contributed by atoms with Crippen molar-refractivity contribution in [3.05, 3.63) is 91.8 Å². The van der Waals surface area contributed by atoms with Crippen molar-refractivity contribution in [2.24, 2.45) is 0 Å². The summed E-state index contributed by atoms with van der Waals surface area (Å²) in [5, 5.41) is 7.37. The Morgan fingerprint density at radius 1 is 0.971 bits per heavy atom. The Labute approximate surface area is 197 Å². The van der Waals surface area contributed by atoms with Crippen molar-refractivity contribution >= 4 is 22.6 Å². The van der Waals surface area contributed by atoms with E-state index in [0.29, 0.717) is 35.4 Å². The highest BCUT2D eigenvalue weighted by molar-refractivity contribution is 5.92. The van der Waals surface area contributed by atoms with Gasteiger partial charge in [-0.15, -0.1) is 0 Å².